The maximum Gasteiger partial charge on any atom is 0.228 e. The number of fused-ring (bicyclic) bond motifs is 1. The minimum absolute atomic E-state index is 0.0315. The maximum absolute atomic E-state index is 12.8. The van der Waals surface area contributed by atoms with Crippen LogP contribution in [0.3, 0.4) is 0 Å². The molecular weight excluding hydrogens is 310 g/mol. The predicted octanol–water partition coefficient (Wildman–Crippen LogP) is 4.60. The first-order chi connectivity index (χ1) is 12.2. The molecule has 0 bridgehead atoms. The van der Waals surface area contributed by atoms with Gasteiger partial charge in [-0.25, -0.2) is 4.98 Å². The van der Waals surface area contributed by atoms with Crippen LogP contribution in [0.5, 0.6) is 0 Å². The summed E-state index contributed by atoms with van der Waals surface area (Å²) in [7, 11) is 0. The zero-order valence-corrected chi connectivity index (χ0v) is 14.3. The van der Waals surface area contributed by atoms with Crippen molar-refractivity contribution in [3.05, 3.63) is 66.4 Å². The normalized spacial score (nSPS) is 16.9. The van der Waals surface area contributed by atoms with E-state index in [-0.39, 0.29) is 11.8 Å². The summed E-state index contributed by atoms with van der Waals surface area (Å²) in [6.07, 6.45) is 8.89. The summed E-state index contributed by atoms with van der Waals surface area (Å²) in [6.45, 7) is 2.04. The van der Waals surface area contributed by atoms with Gasteiger partial charge in [-0.3, -0.25) is 9.20 Å². The highest BCUT2D eigenvalue weighted by Gasteiger charge is 2.23. The molecule has 126 valence electrons. The average molecular weight is 331 g/mol. The molecule has 0 spiro atoms. The van der Waals surface area contributed by atoms with Crippen LogP contribution in [0.1, 0.15) is 24.8 Å². The summed E-state index contributed by atoms with van der Waals surface area (Å²) in [4.78, 5) is 17.6. The lowest BCUT2D eigenvalue weighted by Gasteiger charge is -2.17. The van der Waals surface area contributed by atoms with Gasteiger partial charge in [0.25, 0.3) is 0 Å². The Bertz CT molecular complexity index is 940. The number of hydrogen-bond acceptors (Lipinski definition) is 2. The summed E-state index contributed by atoms with van der Waals surface area (Å²) in [6, 6.07) is 14.0. The second kappa shape index (κ2) is 6.55. The molecule has 0 fully saturated rings. The number of nitrogens with one attached hydrogen (secondary N) is 1. The van der Waals surface area contributed by atoms with E-state index in [0.29, 0.717) is 0 Å². The molecule has 4 rings (SSSR count). The second-order valence-corrected chi connectivity index (χ2v) is 6.53. The fraction of sp³-hybridized carbons (Fsp3) is 0.238. The van der Waals surface area contributed by atoms with Crippen LogP contribution in [0.25, 0.3) is 16.9 Å². The smallest absolute Gasteiger partial charge is 0.228 e. The molecule has 0 saturated carbocycles. The summed E-state index contributed by atoms with van der Waals surface area (Å²) in [5, 5.41) is 3.16. The Morgan fingerprint density at radius 1 is 1.16 bits per heavy atom. The van der Waals surface area contributed by atoms with Gasteiger partial charge in [-0.1, -0.05) is 48.6 Å². The Labute approximate surface area is 147 Å². The van der Waals surface area contributed by atoms with Gasteiger partial charge in [-0.15, -0.1) is 0 Å². The van der Waals surface area contributed by atoms with Crippen molar-refractivity contribution >= 4 is 17.4 Å². The first-order valence-electron chi connectivity index (χ1n) is 8.73. The monoisotopic (exact) mass is 331 g/mol. The van der Waals surface area contributed by atoms with Crippen LogP contribution in [-0.2, 0) is 4.79 Å². The third-order valence-electron chi connectivity index (χ3n) is 4.77. The quantitative estimate of drug-likeness (QED) is 0.713. The Hall–Kier alpha value is -2.88. The van der Waals surface area contributed by atoms with Gasteiger partial charge in [0.05, 0.1) is 0 Å². The van der Waals surface area contributed by atoms with Gasteiger partial charge in [0, 0.05) is 17.7 Å². The molecule has 2 aromatic heterocycles. The molecular formula is C21H21N3O. The molecule has 1 aliphatic carbocycles. The molecule has 1 N–H and O–H groups in total. The van der Waals surface area contributed by atoms with Gasteiger partial charge < -0.3 is 5.32 Å². The Morgan fingerprint density at radius 2 is 2.00 bits per heavy atom. The second-order valence-electron chi connectivity index (χ2n) is 6.53. The molecule has 1 aromatic carbocycles. The van der Waals surface area contributed by atoms with E-state index in [4.69, 9.17) is 4.98 Å². The van der Waals surface area contributed by atoms with Gasteiger partial charge >= 0.3 is 0 Å². The number of benzene rings is 1. The van der Waals surface area contributed by atoms with Crippen LogP contribution in [0.4, 0.5) is 5.82 Å². The Balaban J connectivity index is 1.79. The number of nitrogens with zero attached hydrogens (tertiary/aromatic N) is 2. The number of aryl methyl sites for hydroxylation is 1. The van der Waals surface area contributed by atoms with Crippen molar-refractivity contribution in [1.29, 1.82) is 0 Å². The molecule has 2 heterocycles. The van der Waals surface area contributed by atoms with Crippen LogP contribution in [0.2, 0.25) is 0 Å². The maximum atomic E-state index is 12.8. The van der Waals surface area contributed by atoms with Gasteiger partial charge in [-0.2, -0.15) is 0 Å². The van der Waals surface area contributed by atoms with E-state index in [1.54, 1.807) is 0 Å². The van der Waals surface area contributed by atoms with Gasteiger partial charge in [-0.05, 0) is 37.8 Å². The number of anilines is 1. The first-order valence-corrected chi connectivity index (χ1v) is 8.73. The molecule has 1 amide bonds. The van der Waals surface area contributed by atoms with Gasteiger partial charge in [0.1, 0.15) is 17.2 Å². The van der Waals surface area contributed by atoms with Crippen molar-refractivity contribution in [2.75, 3.05) is 5.32 Å². The fourth-order valence-electron chi connectivity index (χ4n) is 3.37. The SMILES string of the molecule is Cc1cccn2c(NC(=O)[C@@H]3CC=CCC3)c(-c3ccccc3)nc12. The minimum atomic E-state index is 0.0315. The largest absolute Gasteiger partial charge is 0.310 e. The number of hydrogen-bond donors (Lipinski definition) is 1. The van der Waals surface area contributed by atoms with E-state index in [9.17, 15) is 4.79 Å². The molecule has 4 heteroatoms. The molecule has 1 aliphatic rings. The van der Waals surface area contributed by atoms with Crippen molar-refractivity contribution in [1.82, 2.24) is 9.38 Å². The summed E-state index contributed by atoms with van der Waals surface area (Å²) < 4.78 is 1.98. The number of aromatic nitrogens is 2. The van der Waals surface area contributed by atoms with E-state index in [1.807, 2.05) is 60.0 Å². The van der Waals surface area contributed by atoms with E-state index >= 15 is 0 Å². The van der Waals surface area contributed by atoms with E-state index in [2.05, 4.69) is 17.5 Å². The molecule has 0 unspecified atom stereocenters. The predicted molar refractivity (Wildman–Crippen MR) is 100 cm³/mol. The molecule has 0 saturated heterocycles. The van der Waals surface area contributed by atoms with E-state index < -0.39 is 0 Å². The van der Waals surface area contributed by atoms with Crippen molar-refractivity contribution in [2.45, 2.75) is 26.2 Å². The highest BCUT2D eigenvalue weighted by molar-refractivity contribution is 5.96. The molecule has 4 nitrogen and oxygen atoms in total. The van der Waals surface area contributed by atoms with Crippen molar-refractivity contribution in [3.63, 3.8) is 0 Å². The van der Waals surface area contributed by atoms with Gasteiger partial charge in [0.15, 0.2) is 0 Å². The van der Waals surface area contributed by atoms with Crippen molar-refractivity contribution in [3.8, 4) is 11.3 Å². The van der Waals surface area contributed by atoms with Gasteiger partial charge in [0.2, 0.25) is 5.91 Å². The van der Waals surface area contributed by atoms with Crippen molar-refractivity contribution < 1.29 is 4.79 Å². The lowest BCUT2D eigenvalue weighted by Crippen LogP contribution is -2.24. The summed E-state index contributed by atoms with van der Waals surface area (Å²) >= 11 is 0. The number of imidazole rings is 1. The third-order valence-corrected chi connectivity index (χ3v) is 4.77. The van der Waals surface area contributed by atoms with Crippen LogP contribution < -0.4 is 5.32 Å². The zero-order chi connectivity index (χ0) is 17.2. The minimum Gasteiger partial charge on any atom is -0.310 e. The third kappa shape index (κ3) is 2.95. The number of carbonyl (C=O) groups excluding carboxylic acids is 1. The molecule has 25 heavy (non-hydrogen) atoms. The van der Waals surface area contributed by atoms with Crippen LogP contribution in [0, 0.1) is 12.8 Å². The molecule has 3 aromatic rings. The number of rotatable bonds is 3. The highest BCUT2D eigenvalue weighted by Crippen LogP contribution is 2.31. The molecule has 1 atom stereocenters. The lowest BCUT2D eigenvalue weighted by atomic mass is 9.93. The van der Waals surface area contributed by atoms with Crippen LogP contribution >= 0.6 is 0 Å². The number of pyridine rings is 1. The molecule has 0 radical (unpaired) electrons. The average Bonchev–Trinajstić information content (AvgIpc) is 3.03. The number of carbonyl (C=O) groups is 1. The Kier molecular flexibility index (Phi) is 4.10. The van der Waals surface area contributed by atoms with Crippen LogP contribution in [0.15, 0.2) is 60.8 Å². The summed E-state index contributed by atoms with van der Waals surface area (Å²) in [5.74, 6) is 0.860. The Morgan fingerprint density at radius 3 is 2.76 bits per heavy atom. The van der Waals surface area contributed by atoms with Crippen molar-refractivity contribution in [2.24, 2.45) is 5.92 Å². The number of allylic oxidation sites excluding steroid dienone is 2. The lowest BCUT2D eigenvalue weighted by molar-refractivity contribution is -0.120. The standard InChI is InChI=1S/C21H21N3O/c1-15-9-8-14-24-19(15)22-18(16-10-4-2-5-11-16)20(24)23-21(25)17-12-6-3-7-13-17/h2-6,8-11,14,17H,7,12-13H2,1H3,(H,23,25)/t17-/m1/s1. The fourth-order valence-corrected chi connectivity index (χ4v) is 3.37. The van der Waals surface area contributed by atoms with E-state index in [0.717, 1.165) is 47.5 Å². The highest BCUT2D eigenvalue weighted by atomic mass is 16.2. The van der Waals surface area contributed by atoms with E-state index in [1.165, 1.54) is 0 Å². The van der Waals surface area contributed by atoms with Crippen LogP contribution in [-0.4, -0.2) is 15.3 Å². The summed E-state index contributed by atoms with van der Waals surface area (Å²) in [5.41, 5.74) is 3.78. The first kappa shape index (κ1) is 15.6. The zero-order valence-electron chi connectivity index (χ0n) is 14.3. The molecule has 0 aliphatic heterocycles. The topological polar surface area (TPSA) is 46.4 Å². The number of amides is 1.